The molecule has 0 aliphatic carbocycles. The Bertz CT molecular complexity index is 904. The van der Waals surface area contributed by atoms with Crippen LogP contribution in [-0.4, -0.2) is 17.4 Å². The number of rotatable bonds is 2. The molecule has 102 valence electrons. The van der Waals surface area contributed by atoms with Gasteiger partial charge in [0.25, 0.3) is 10.0 Å². The molecule has 0 bridgehead atoms. The Labute approximate surface area is 113 Å². The van der Waals surface area contributed by atoms with Crippen LogP contribution in [0.4, 0.5) is 8.78 Å². The highest BCUT2D eigenvalue weighted by atomic mass is 32.2. The Morgan fingerprint density at radius 2 is 1.80 bits per heavy atom. The first kappa shape index (κ1) is 12.7. The molecule has 1 heterocycles. The normalized spacial score (nSPS) is 11.9. The van der Waals surface area contributed by atoms with Crippen LogP contribution in [0.25, 0.3) is 11.0 Å². The van der Waals surface area contributed by atoms with Crippen molar-refractivity contribution in [2.24, 2.45) is 0 Å². The Kier molecular flexibility index (Phi) is 2.79. The number of imidazole rings is 1. The second-order valence-corrected chi connectivity index (χ2v) is 5.89. The Hall–Kier alpha value is -2.28. The van der Waals surface area contributed by atoms with Crippen LogP contribution >= 0.6 is 0 Å². The third kappa shape index (κ3) is 1.87. The first-order chi connectivity index (χ1) is 9.50. The molecule has 0 aliphatic rings. The van der Waals surface area contributed by atoms with Gasteiger partial charge in [-0.1, -0.05) is 12.1 Å². The monoisotopic (exact) mass is 294 g/mol. The van der Waals surface area contributed by atoms with E-state index < -0.39 is 26.6 Å². The standard InChI is InChI=1S/C13H8F2N2O2S/c14-9-5-6-13(10(15)7-9)20(18,19)17-8-16-11-3-1-2-4-12(11)17/h1-8H. The van der Waals surface area contributed by atoms with Crippen LogP contribution < -0.4 is 0 Å². The van der Waals surface area contributed by atoms with Crippen molar-refractivity contribution >= 4 is 21.1 Å². The van der Waals surface area contributed by atoms with Gasteiger partial charge in [-0.25, -0.2) is 26.2 Å². The van der Waals surface area contributed by atoms with Gasteiger partial charge >= 0.3 is 0 Å². The van der Waals surface area contributed by atoms with Crippen molar-refractivity contribution in [3.63, 3.8) is 0 Å². The molecule has 0 saturated carbocycles. The van der Waals surface area contributed by atoms with Gasteiger partial charge < -0.3 is 0 Å². The molecule has 0 saturated heterocycles. The van der Waals surface area contributed by atoms with Gasteiger partial charge in [0.2, 0.25) is 0 Å². The average molecular weight is 294 g/mol. The van der Waals surface area contributed by atoms with Crippen molar-refractivity contribution in [2.45, 2.75) is 4.90 Å². The Morgan fingerprint density at radius 3 is 2.55 bits per heavy atom. The quantitative estimate of drug-likeness (QED) is 0.730. The summed E-state index contributed by atoms with van der Waals surface area (Å²) in [5.74, 6) is -1.97. The van der Waals surface area contributed by atoms with Crippen molar-refractivity contribution in [1.82, 2.24) is 8.96 Å². The summed E-state index contributed by atoms with van der Waals surface area (Å²) in [6.45, 7) is 0. The summed E-state index contributed by atoms with van der Waals surface area (Å²) < 4.78 is 52.2. The summed E-state index contributed by atoms with van der Waals surface area (Å²) in [4.78, 5) is 3.35. The lowest BCUT2D eigenvalue weighted by Gasteiger charge is -2.07. The summed E-state index contributed by atoms with van der Waals surface area (Å²) in [5, 5.41) is 0. The number of para-hydroxylation sites is 2. The molecule has 7 heteroatoms. The maximum Gasteiger partial charge on any atom is 0.272 e. The van der Waals surface area contributed by atoms with Crippen LogP contribution in [0.5, 0.6) is 0 Å². The highest BCUT2D eigenvalue weighted by Crippen LogP contribution is 2.22. The number of aromatic nitrogens is 2. The minimum Gasteiger partial charge on any atom is -0.236 e. The van der Waals surface area contributed by atoms with E-state index in [1.807, 2.05) is 0 Å². The first-order valence-corrected chi connectivity index (χ1v) is 7.07. The molecule has 2 aromatic carbocycles. The fourth-order valence-corrected chi connectivity index (χ4v) is 3.26. The van der Waals surface area contributed by atoms with E-state index in [4.69, 9.17) is 0 Å². The molecule has 0 aliphatic heterocycles. The highest BCUT2D eigenvalue weighted by Gasteiger charge is 2.23. The van der Waals surface area contributed by atoms with Crippen LogP contribution in [0.2, 0.25) is 0 Å². The molecule has 4 nitrogen and oxygen atoms in total. The van der Waals surface area contributed by atoms with Gasteiger partial charge in [0.15, 0.2) is 0 Å². The third-order valence-electron chi connectivity index (χ3n) is 2.85. The zero-order chi connectivity index (χ0) is 14.3. The van der Waals surface area contributed by atoms with Crippen LogP contribution in [0.15, 0.2) is 53.7 Å². The van der Waals surface area contributed by atoms with E-state index in [2.05, 4.69) is 4.98 Å². The number of hydrogen-bond acceptors (Lipinski definition) is 3. The maximum atomic E-state index is 13.7. The zero-order valence-corrected chi connectivity index (χ0v) is 10.8. The predicted octanol–water partition coefficient (Wildman–Crippen LogP) is 2.55. The molecule has 3 rings (SSSR count). The van der Waals surface area contributed by atoms with E-state index in [-0.39, 0.29) is 0 Å². The maximum absolute atomic E-state index is 13.7. The number of halogens is 2. The number of nitrogens with zero attached hydrogens (tertiary/aromatic N) is 2. The SMILES string of the molecule is O=S(=O)(c1ccc(F)cc1F)n1cnc2ccccc21. The molecule has 0 amide bonds. The fraction of sp³-hybridized carbons (Fsp3) is 0. The third-order valence-corrected chi connectivity index (χ3v) is 4.55. The van der Waals surface area contributed by atoms with Crippen molar-refractivity contribution in [3.05, 3.63) is 60.4 Å². The van der Waals surface area contributed by atoms with Gasteiger partial charge in [0, 0.05) is 6.07 Å². The lowest BCUT2D eigenvalue weighted by molar-refractivity contribution is 0.546. The summed E-state index contributed by atoms with van der Waals surface area (Å²) >= 11 is 0. The van der Waals surface area contributed by atoms with E-state index in [0.717, 1.165) is 22.4 Å². The van der Waals surface area contributed by atoms with Gasteiger partial charge in [-0.05, 0) is 24.3 Å². The molecule has 20 heavy (non-hydrogen) atoms. The summed E-state index contributed by atoms with van der Waals surface area (Å²) in [6.07, 6.45) is 1.10. The predicted molar refractivity (Wildman–Crippen MR) is 68.7 cm³/mol. The number of fused-ring (bicyclic) bond motifs is 1. The minimum atomic E-state index is -4.16. The molecule has 3 aromatic rings. The lowest BCUT2D eigenvalue weighted by Crippen LogP contribution is -2.13. The highest BCUT2D eigenvalue weighted by molar-refractivity contribution is 7.90. The lowest BCUT2D eigenvalue weighted by atomic mass is 10.3. The van der Waals surface area contributed by atoms with Crippen molar-refractivity contribution in [2.75, 3.05) is 0 Å². The molecule has 0 fully saturated rings. The molecular formula is C13H8F2N2O2S. The van der Waals surface area contributed by atoms with Crippen LogP contribution in [0, 0.1) is 11.6 Å². The fourth-order valence-electron chi connectivity index (χ4n) is 1.92. The van der Waals surface area contributed by atoms with Crippen molar-refractivity contribution in [3.8, 4) is 0 Å². The average Bonchev–Trinajstić information content (AvgIpc) is 2.82. The van der Waals surface area contributed by atoms with Gasteiger partial charge in [-0.15, -0.1) is 0 Å². The molecule has 0 N–H and O–H groups in total. The van der Waals surface area contributed by atoms with Crippen LogP contribution in [0.1, 0.15) is 0 Å². The van der Waals surface area contributed by atoms with Crippen LogP contribution in [-0.2, 0) is 10.0 Å². The molecule has 1 aromatic heterocycles. The van der Waals surface area contributed by atoms with E-state index in [1.54, 1.807) is 24.3 Å². The van der Waals surface area contributed by atoms with E-state index >= 15 is 0 Å². The van der Waals surface area contributed by atoms with E-state index in [9.17, 15) is 17.2 Å². The Balaban J connectivity index is 2.26. The smallest absolute Gasteiger partial charge is 0.236 e. The van der Waals surface area contributed by atoms with Gasteiger partial charge in [0.05, 0.1) is 11.0 Å². The topological polar surface area (TPSA) is 52.0 Å². The van der Waals surface area contributed by atoms with Crippen molar-refractivity contribution in [1.29, 1.82) is 0 Å². The van der Waals surface area contributed by atoms with Crippen molar-refractivity contribution < 1.29 is 17.2 Å². The summed E-state index contributed by atoms with van der Waals surface area (Å²) in [6, 6.07) is 8.89. The summed E-state index contributed by atoms with van der Waals surface area (Å²) in [7, 11) is -4.16. The Morgan fingerprint density at radius 1 is 1.05 bits per heavy atom. The molecular weight excluding hydrogens is 286 g/mol. The molecule has 0 spiro atoms. The second-order valence-electron chi connectivity index (χ2n) is 4.11. The van der Waals surface area contributed by atoms with Gasteiger partial charge in [-0.3, -0.25) is 0 Å². The molecule has 0 radical (unpaired) electrons. The largest absolute Gasteiger partial charge is 0.272 e. The van der Waals surface area contributed by atoms with E-state index in [1.165, 1.54) is 0 Å². The molecule has 0 atom stereocenters. The van der Waals surface area contributed by atoms with Gasteiger partial charge in [-0.2, -0.15) is 0 Å². The second kappa shape index (κ2) is 4.38. The minimum absolute atomic E-state index is 0.330. The van der Waals surface area contributed by atoms with Gasteiger partial charge in [0.1, 0.15) is 22.9 Å². The van der Waals surface area contributed by atoms with E-state index in [0.29, 0.717) is 17.1 Å². The molecule has 0 unspecified atom stereocenters. The number of hydrogen-bond donors (Lipinski definition) is 0. The van der Waals surface area contributed by atoms with Crippen LogP contribution in [0.3, 0.4) is 0 Å². The zero-order valence-electron chi connectivity index (χ0n) is 9.99. The first-order valence-electron chi connectivity index (χ1n) is 5.63. The summed E-state index contributed by atoms with van der Waals surface area (Å²) in [5.41, 5.74) is 0.801. The number of benzene rings is 2.